The molecule has 3 aromatic rings. The molecule has 0 spiro atoms. The highest BCUT2D eigenvalue weighted by atomic mass is 19.4. The number of nitrogens with one attached hydrogen (secondary N) is 1. The fourth-order valence-corrected chi connectivity index (χ4v) is 2.37. The summed E-state index contributed by atoms with van der Waals surface area (Å²) < 4.78 is 45.9. The second-order valence-electron chi connectivity index (χ2n) is 5.53. The number of amides is 1. The van der Waals surface area contributed by atoms with Crippen LogP contribution in [-0.4, -0.2) is 10.5 Å². The van der Waals surface area contributed by atoms with Crippen molar-refractivity contribution in [2.75, 3.05) is 5.32 Å². The van der Waals surface area contributed by atoms with E-state index in [-0.39, 0.29) is 28.3 Å². The van der Waals surface area contributed by atoms with Gasteiger partial charge in [0, 0.05) is 30.6 Å². The number of carbonyl (C=O) groups is 1. The van der Waals surface area contributed by atoms with Crippen LogP contribution in [0.5, 0.6) is 0 Å². The highest BCUT2D eigenvalue weighted by molar-refractivity contribution is 6.02. The van der Waals surface area contributed by atoms with E-state index in [4.69, 9.17) is 4.42 Å². The van der Waals surface area contributed by atoms with Crippen molar-refractivity contribution in [3.63, 3.8) is 0 Å². The van der Waals surface area contributed by atoms with Crippen LogP contribution in [0.15, 0.2) is 63.9 Å². The quantitative estimate of drug-likeness (QED) is 0.768. The topological polar surface area (TPSA) is 64.2 Å². The van der Waals surface area contributed by atoms with Crippen LogP contribution in [0, 0.1) is 0 Å². The van der Waals surface area contributed by atoms with E-state index in [1.165, 1.54) is 53.2 Å². The molecule has 0 aliphatic rings. The van der Waals surface area contributed by atoms with Crippen molar-refractivity contribution in [1.82, 2.24) is 4.57 Å². The van der Waals surface area contributed by atoms with Gasteiger partial charge in [-0.1, -0.05) is 18.2 Å². The second-order valence-corrected chi connectivity index (χ2v) is 5.53. The van der Waals surface area contributed by atoms with Gasteiger partial charge < -0.3 is 14.3 Å². The fraction of sp³-hybridized carbons (Fsp3) is 0.111. The molecule has 1 aromatic carbocycles. The van der Waals surface area contributed by atoms with Crippen molar-refractivity contribution < 1.29 is 22.4 Å². The first-order valence-electron chi connectivity index (χ1n) is 7.50. The lowest BCUT2D eigenvalue weighted by Gasteiger charge is -2.10. The van der Waals surface area contributed by atoms with Gasteiger partial charge in [0.25, 0.3) is 11.5 Å². The van der Waals surface area contributed by atoms with Gasteiger partial charge in [-0.25, -0.2) is 0 Å². The molecular weight excluding hydrogens is 349 g/mol. The first-order chi connectivity index (χ1) is 12.3. The number of hydrogen-bond donors (Lipinski definition) is 1. The van der Waals surface area contributed by atoms with Gasteiger partial charge in [0.2, 0.25) is 0 Å². The third-order valence-corrected chi connectivity index (χ3v) is 3.69. The number of hydrogen-bond acceptors (Lipinski definition) is 3. The molecule has 0 fully saturated rings. The maximum Gasteiger partial charge on any atom is 0.417 e. The van der Waals surface area contributed by atoms with Crippen LogP contribution in [-0.2, 0) is 13.2 Å². The number of benzene rings is 1. The van der Waals surface area contributed by atoms with E-state index < -0.39 is 17.6 Å². The molecule has 0 unspecified atom stereocenters. The Hall–Kier alpha value is -3.29. The minimum atomic E-state index is -4.55. The zero-order valence-electron chi connectivity index (χ0n) is 13.5. The zero-order chi connectivity index (χ0) is 18.9. The van der Waals surface area contributed by atoms with Crippen molar-refractivity contribution in [1.29, 1.82) is 0 Å². The number of furan rings is 1. The minimum absolute atomic E-state index is 0.0768. The minimum Gasteiger partial charge on any atom is -0.451 e. The number of halogens is 3. The Kier molecular flexibility index (Phi) is 4.41. The van der Waals surface area contributed by atoms with Crippen LogP contribution in [0.2, 0.25) is 0 Å². The van der Waals surface area contributed by atoms with Crippen LogP contribution in [0.1, 0.15) is 16.1 Å². The van der Waals surface area contributed by atoms with E-state index in [9.17, 15) is 22.8 Å². The van der Waals surface area contributed by atoms with Gasteiger partial charge in [-0.2, -0.15) is 13.2 Å². The average molecular weight is 362 g/mol. The van der Waals surface area contributed by atoms with E-state index in [0.29, 0.717) is 0 Å². The summed E-state index contributed by atoms with van der Waals surface area (Å²) in [5.41, 5.74) is -1.07. The number of rotatable bonds is 3. The predicted octanol–water partition coefficient (Wildman–Crippen LogP) is 3.92. The van der Waals surface area contributed by atoms with Gasteiger partial charge in [-0.15, -0.1) is 0 Å². The molecule has 0 aliphatic heterocycles. The van der Waals surface area contributed by atoms with Crippen molar-refractivity contribution in [3.05, 3.63) is 76.4 Å². The standard InChI is InChI=1S/C18H13F3N2O3/c1-23-9-8-11(10-16(23)24)22-17(25)15-7-6-14(26-15)12-4-2-3-5-13(12)18(19,20)21/h2-10H,1H3,(H,22,25). The third kappa shape index (κ3) is 3.53. The summed E-state index contributed by atoms with van der Waals surface area (Å²) in [4.78, 5) is 23.8. The molecule has 3 rings (SSSR count). The molecule has 134 valence electrons. The second kappa shape index (κ2) is 6.55. The molecule has 5 nitrogen and oxygen atoms in total. The molecule has 0 bridgehead atoms. The zero-order valence-corrected chi connectivity index (χ0v) is 13.5. The highest BCUT2D eigenvalue weighted by Crippen LogP contribution is 2.37. The molecular formula is C18H13F3N2O3. The lowest BCUT2D eigenvalue weighted by molar-refractivity contribution is -0.137. The van der Waals surface area contributed by atoms with Crippen LogP contribution < -0.4 is 10.9 Å². The number of carbonyl (C=O) groups excluding carboxylic acids is 1. The monoisotopic (exact) mass is 362 g/mol. The van der Waals surface area contributed by atoms with Crippen molar-refractivity contribution >= 4 is 11.6 Å². The van der Waals surface area contributed by atoms with Gasteiger partial charge in [0.15, 0.2) is 5.76 Å². The lowest BCUT2D eigenvalue weighted by atomic mass is 10.1. The Balaban J connectivity index is 1.87. The van der Waals surface area contributed by atoms with Crippen molar-refractivity contribution in [2.45, 2.75) is 6.18 Å². The largest absolute Gasteiger partial charge is 0.451 e. The fourth-order valence-electron chi connectivity index (χ4n) is 2.37. The molecule has 0 aliphatic carbocycles. The van der Waals surface area contributed by atoms with Crippen molar-refractivity contribution in [3.8, 4) is 11.3 Å². The van der Waals surface area contributed by atoms with Gasteiger partial charge in [-0.3, -0.25) is 9.59 Å². The van der Waals surface area contributed by atoms with Gasteiger partial charge in [-0.05, 0) is 24.3 Å². The lowest BCUT2D eigenvalue weighted by Crippen LogP contribution is -2.18. The molecule has 2 aromatic heterocycles. The summed E-state index contributed by atoms with van der Waals surface area (Å²) in [6.07, 6.45) is -3.07. The summed E-state index contributed by atoms with van der Waals surface area (Å²) in [7, 11) is 1.56. The van der Waals surface area contributed by atoms with Crippen LogP contribution in [0.4, 0.5) is 18.9 Å². The molecule has 26 heavy (non-hydrogen) atoms. The predicted molar refractivity (Wildman–Crippen MR) is 88.8 cm³/mol. The third-order valence-electron chi connectivity index (χ3n) is 3.69. The van der Waals surface area contributed by atoms with Gasteiger partial charge in [0.1, 0.15) is 5.76 Å². The summed E-state index contributed by atoms with van der Waals surface area (Å²) in [6.45, 7) is 0. The number of pyridine rings is 1. The van der Waals surface area contributed by atoms with Crippen LogP contribution >= 0.6 is 0 Å². The first-order valence-corrected chi connectivity index (χ1v) is 7.50. The van der Waals surface area contributed by atoms with Gasteiger partial charge >= 0.3 is 6.18 Å². The average Bonchev–Trinajstić information content (AvgIpc) is 3.07. The summed E-state index contributed by atoms with van der Waals surface area (Å²) in [6, 6.07) is 10.2. The van der Waals surface area contributed by atoms with Crippen molar-refractivity contribution in [2.24, 2.45) is 7.05 Å². The summed E-state index contributed by atoms with van der Waals surface area (Å²) in [5.74, 6) is -0.918. The Labute approximate surface area is 145 Å². The van der Waals surface area contributed by atoms with E-state index in [2.05, 4.69) is 5.32 Å². The number of anilines is 1. The molecule has 0 atom stereocenters. The maximum atomic E-state index is 13.1. The number of nitrogens with zero attached hydrogens (tertiary/aromatic N) is 1. The van der Waals surface area contributed by atoms with E-state index in [1.807, 2.05) is 0 Å². The SMILES string of the molecule is Cn1ccc(NC(=O)c2ccc(-c3ccccc3C(F)(F)F)o2)cc1=O. The Bertz CT molecular complexity index is 1020. The number of aryl methyl sites for hydroxylation is 1. The number of alkyl halides is 3. The summed E-state index contributed by atoms with van der Waals surface area (Å²) >= 11 is 0. The van der Waals surface area contributed by atoms with Crippen LogP contribution in [0.25, 0.3) is 11.3 Å². The number of aromatic nitrogens is 1. The normalized spacial score (nSPS) is 11.4. The molecule has 0 saturated heterocycles. The molecule has 0 saturated carbocycles. The van der Waals surface area contributed by atoms with E-state index >= 15 is 0 Å². The Morgan fingerprint density at radius 2 is 1.85 bits per heavy atom. The maximum absolute atomic E-state index is 13.1. The highest BCUT2D eigenvalue weighted by Gasteiger charge is 2.34. The van der Waals surface area contributed by atoms with Crippen LogP contribution in [0.3, 0.4) is 0 Å². The molecule has 2 heterocycles. The summed E-state index contributed by atoms with van der Waals surface area (Å²) in [5, 5.41) is 2.47. The smallest absolute Gasteiger partial charge is 0.417 e. The molecule has 1 N–H and O–H groups in total. The Morgan fingerprint density at radius 3 is 2.54 bits per heavy atom. The van der Waals surface area contributed by atoms with Gasteiger partial charge in [0.05, 0.1) is 5.56 Å². The van der Waals surface area contributed by atoms with E-state index in [0.717, 1.165) is 6.07 Å². The molecule has 0 radical (unpaired) electrons. The molecule has 8 heteroatoms. The Morgan fingerprint density at radius 1 is 1.12 bits per heavy atom. The first kappa shape index (κ1) is 17.5. The molecule has 1 amide bonds. The van der Waals surface area contributed by atoms with E-state index in [1.54, 1.807) is 7.05 Å².